The summed E-state index contributed by atoms with van der Waals surface area (Å²) in [5.74, 6) is 0.840. The minimum Gasteiger partial charge on any atom is -0.446 e. The number of carbonyl (C=O) groups is 1. The van der Waals surface area contributed by atoms with E-state index >= 15 is 0 Å². The smallest absolute Gasteiger partial charge is 0.407 e. The lowest BCUT2D eigenvalue weighted by Crippen LogP contribution is -2.29. The first kappa shape index (κ1) is 11.7. The van der Waals surface area contributed by atoms with E-state index in [2.05, 4.69) is 5.32 Å². The lowest BCUT2D eigenvalue weighted by molar-refractivity contribution is 0.101. The first-order valence-corrected chi connectivity index (χ1v) is 6.79. The van der Waals surface area contributed by atoms with Crippen molar-refractivity contribution in [3.05, 3.63) is 0 Å². The highest BCUT2D eigenvalue weighted by atomic mass is 16.6. The van der Waals surface area contributed by atoms with E-state index in [1.807, 2.05) is 0 Å². The minimum absolute atomic E-state index is 0.187. The van der Waals surface area contributed by atoms with Crippen LogP contribution in [-0.2, 0) is 4.74 Å². The van der Waals surface area contributed by atoms with E-state index in [4.69, 9.17) is 4.74 Å². The summed E-state index contributed by atoms with van der Waals surface area (Å²) in [4.78, 5) is 11.4. The molecule has 1 N–H and O–H groups in total. The van der Waals surface area contributed by atoms with Crippen molar-refractivity contribution < 1.29 is 9.53 Å². The molecule has 1 amide bonds. The van der Waals surface area contributed by atoms with Crippen molar-refractivity contribution in [3.8, 4) is 0 Å². The Hall–Kier alpha value is -0.730. The van der Waals surface area contributed by atoms with Gasteiger partial charge in [-0.25, -0.2) is 4.79 Å². The summed E-state index contributed by atoms with van der Waals surface area (Å²) in [7, 11) is 0. The summed E-state index contributed by atoms with van der Waals surface area (Å²) >= 11 is 0. The number of rotatable bonds is 4. The van der Waals surface area contributed by atoms with Gasteiger partial charge >= 0.3 is 6.09 Å². The molecule has 92 valence electrons. The molecule has 0 spiro atoms. The van der Waals surface area contributed by atoms with Crippen LogP contribution in [0, 0.1) is 5.92 Å². The molecule has 2 fully saturated rings. The molecule has 16 heavy (non-hydrogen) atoms. The number of carbonyl (C=O) groups excluding carboxylic acids is 1. The second-order valence-electron chi connectivity index (χ2n) is 5.18. The fourth-order valence-electron chi connectivity index (χ4n) is 2.88. The number of nitrogens with one attached hydrogen (secondary N) is 1. The quantitative estimate of drug-likeness (QED) is 0.797. The van der Waals surface area contributed by atoms with Gasteiger partial charge < -0.3 is 10.1 Å². The standard InChI is InChI=1S/C13H23NO2/c15-13(16-12-7-3-4-8-12)14-10-9-11-5-1-2-6-11/h11-12H,1-10H2,(H,14,15). The van der Waals surface area contributed by atoms with E-state index in [0.717, 1.165) is 31.7 Å². The lowest BCUT2D eigenvalue weighted by Gasteiger charge is -2.13. The highest BCUT2D eigenvalue weighted by Crippen LogP contribution is 2.27. The van der Waals surface area contributed by atoms with E-state index in [1.54, 1.807) is 0 Å². The highest BCUT2D eigenvalue weighted by molar-refractivity contribution is 5.67. The molecule has 0 saturated heterocycles. The molecule has 2 aliphatic rings. The zero-order valence-electron chi connectivity index (χ0n) is 10.0. The maximum Gasteiger partial charge on any atom is 0.407 e. The number of alkyl carbamates (subject to hydrolysis) is 1. The monoisotopic (exact) mass is 225 g/mol. The third-order valence-electron chi connectivity index (χ3n) is 3.87. The molecule has 0 radical (unpaired) electrons. The van der Waals surface area contributed by atoms with Gasteiger partial charge in [-0.1, -0.05) is 25.7 Å². The maximum absolute atomic E-state index is 11.4. The fraction of sp³-hybridized carbons (Fsp3) is 0.923. The van der Waals surface area contributed by atoms with Gasteiger partial charge in [0.2, 0.25) is 0 Å². The SMILES string of the molecule is O=C(NCCC1CCCC1)OC1CCCC1. The molecule has 0 aromatic heterocycles. The Morgan fingerprint density at radius 3 is 2.38 bits per heavy atom. The van der Waals surface area contributed by atoms with Crippen molar-refractivity contribution in [2.24, 2.45) is 5.92 Å². The Balaban J connectivity index is 1.52. The Morgan fingerprint density at radius 2 is 1.69 bits per heavy atom. The van der Waals surface area contributed by atoms with Crippen molar-refractivity contribution in [1.29, 1.82) is 0 Å². The van der Waals surface area contributed by atoms with Crippen LogP contribution < -0.4 is 5.32 Å². The highest BCUT2D eigenvalue weighted by Gasteiger charge is 2.19. The van der Waals surface area contributed by atoms with Crippen molar-refractivity contribution >= 4 is 6.09 Å². The van der Waals surface area contributed by atoms with Crippen molar-refractivity contribution in [1.82, 2.24) is 5.32 Å². The van der Waals surface area contributed by atoms with Gasteiger partial charge in [0.25, 0.3) is 0 Å². The Morgan fingerprint density at radius 1 is 1.06 bits per heavy atom. The number of hydrogen-bond donors (Lipinski definition) is 1. The van der Waals surface area contributed by atoms with E-state index < -0.39 is 0 Å². The van der Waals surface area contributed by atoms with Crippen molar-refractivity contribution in [2.45, 2.75) is 63.9 Å². The first-order chi connectivity index (χ1) is 7.84. The van der Waals surface area contributed by atoms with Crippen LogP contribution in [0.1, 0.15) is 57.8 Å². The maximum atomic E-state index is 11.4. The van der Waals surface area contributed by atoms with Gasteiger partial charge in [-0.05, 0) is 38.0 Å². The first-order valence-electron chi connectivity index (χ1n) is 6.79. The minimum atomic E-state index is -0.204. The summed E-state index contributed by atoms with van der Waals surface area (Å²) in [6.07, 6.45) is 11.1. The summed E-state index contributed by atoms with van der Waals surface area (Å²) in [5.41, 5.74) is 0. The zero-order valence-corrected chi connectivity index (χ0v) is 10.0. The van der Waals surface area contributed by atoms with Crippen molar-refractivity contribution in [2.75, 3.05) is 6.54 Å². The zero-order chi connectivity index (χ0) is 11.2. The van der Waals surface area contributed by atoms with Gasteiger partial charge in [0.15, 0.2) is 0 Å². The van der Waals surface area contributed by atoms with Gasteiger partial charge in [-0.3, -0.25) is 0 Å². The van der Waals surface area contributed by atoms with E-state index in [-0.39, 0.29) is 12.2 Å². The van der Waals surface area contributed by atoms with Gasteiger partial charge in [-0.15, -0.1) is 0 Å². The van der Waals surface area contributed by atoms with E-state index in [1.165, 1.54) is 38.5 Å². The van der Waals surface area contributed by atoms with Crippen LogP contribution in [-0.4, -0.2) is 18.7 Å². The molecule has 2 rings (SSSR count). The third kappa shape index (κ3) is 3.69. The lowest BCUT2D eigenvalue weighted by atomic mass is 10.0. The largest absolute Gasteiger partial charge is 0.446 e. The van der Waals surface area contributed by atoms with Crippen LogP contribution >= 0.6 is 0 Å². The topological polar surface area (TPSA) is 38.3 Å². The van der Waals surface area contributed by atoms with Crippen LogP contribution in [0.4, 0.5) is 4.79 Å². The van der Waals surface area contributed by atoms with Crippen LogP contribution in [0.25, 0.3) is 0 Å². The molecule has 0 heterocycles. The Bertz CT molecular complexity index is 218. The molecule has 0 unspecified atom stereocenters. The average molecular weight is 225 g/mol. The van der Waals surface area contributed by atoms with Crippen molar-refractivity contribution in [3.63, 3.8) is 0 Å². The Labute approximate surface area is 97.9 Å². The summed E-state index contributed by atoms with van der Waals surface area (Å²) in [6.45, 7) is 0.788. The van der Waals surface area contributed by atoms with Crippen LogP contribution in [0.2, 0.25) is 0 Å². The normalized spacial score (nSPS) is 22.5. The van der Waals surface area contributed by atoms with Crippen LogP contribution in [0.3, 0.4) is 0 Å². The molecule has 3 heteroatoms. The van der Waals surface area contributed by atoms with Gasteiger partial charge in [-0.2, -0.15) is 0 Å². The van der Waals surface area contributed by atoms with Crippen LogP contribution in [0.5, 0.6) is 0 Å². The van der Waals surface area contributed by atoms with E-state index in [0.29, 0.717) is 0 Å². The molecule has 0 aromatic carbocycles. The van der Waals surface area contributed by atoms with Gasteiger partial charge in [0.05, 0.1) is 0 Å². The van der Waals surface area contributed by atoms with Gasteiger partial charge in [0.1, 0.15) is 6.10 Å². The number of amides is 1. The average Bonchev–Trinajstić information content (AvgIpc) is 2.90. The molecule has 0 bridgehead atoms. The number of ether oxygens (including phenoxy) is 1. The molecule has 3 nitrogen and oxygen atoms in total. The summed E-state index contributed by atoms with van der Waals surface area (Å²) in [5, 5.41) is 2.88. The predicted molar refractivity (Wildman–Crippen MR) is 63.3 cm³/mol. The molecular formula is C13H23NO2. The molecule has 2 aliphatic carbocycles. The third-order valence-corrected chi connectivity index (χ3v) is 3.87. The fourth-order valence-corrected chi connectivity index (χ4v) is 2.88. The molecule has 0 aromatic rings. The molecular weight excluding hydrogens is 202 g/mol. The van der Waals surface area contributed by atoms with Gasteiger partial charge in [0, 0.05) is 6.54 Å². The molecule has 0 atom stereocenters. The summed E-state index contributed by atoms with van der Waals surface area (Å²) in [6, 6.07) is 0. The molecule has 2 saturated carbocycles. The van der Waals surface area contributed by atoms with Crippen LogP contribution in [0.15, 0.2) is 0 Å². The summed E-state index contributed by atoms with van der Waals surface area (Å²) < 4.78 is 5.33. The Kier molecular flexibility index (Phi) is 4.49. The number of hydrogen-bond acceptors (Lipinski definition) is 2. The second kappa shape index (κ2) is 6.12. The predicted octanol–water partition coefficient (Wildman–Crippen LogP) is 3.24. The second-order valence-corrected chi connectivity index (χ2v) is 5.18. The molecule has 0 aliphatic heterocycles. The van der Waals surface area contributed by atoms with E-state index in [9.17, 15) is 4.79 Å².